The van der Waals surface area contributed by atoms with E-state index in [-0.39, 0.29) is 29.6 Å². The van der Waals surface area contributed by atoms with Crippen LogP contribution in [0.2, 0.25) is 5.02 Å². The molecule has 1 aliphatic heterocycles. The topological polar surface area (TPSA) is 50.4 Å². The van der Waals surface area contributed by atoms with Crippen LogP contribution in [0.5, 0.6) is 0 Å². The first-order valence-electron chi connectivity index (χ1n) is 12.0. The molecule has 0 saturated heterocycles. The minimum absolute atomic E-state index is 0.0184. The minimum atomic E-state index is -4.47. The maximum atomic E-state index is 13.8. The quantitative estimate of drug-likeness (QED) is 0.422. The maximum absolute atomic E-state index is 13.8. The third-order valence-corrected chi connectivity index (χ3v) is 7.32. The van der Waals surface area contributed by atoms with Crippen molar-refractivity contribution < 1.29 is 22.7 Å². The van der Waals surface area contributed by atoms with Crippen molar-refractivity contribution in [1.82, 2.24) is 0 Å². The van der Waals surface area contributed by atoms with E-state index >= 15 is 0 Å². The number of halogens is 4. The van der Waals surface area contributed by atoms with Crippen molar-refractivity contribution in [2.75, 3.05) is 10.6 Å². The first kappa shape index (κ1) is 25.4. The van der Waals surface area contributed by atoms with E-state index in [4.69, 9.17) is 16.3 Å². The maximum Gasteiger partial charge on any atom is 0.414 e. The predicted molar refractivity (Wildman–Crippen MR) is 133 cm³/mol. The smallest absolute Gasteiger partial charge is 0.414 e. The van der Waals surface area contributed by atoms with Crippen molar-refractivity contribution in [2.45, 2.75) is 63.8 Å². The molecule has 1 fully saturated rings. The summed E-state index contributed by atoms with van der Waals surface area (Å²) in [6.07, 6.45) is 0.119. The molecule has 4 rings (SSSR count). The van der Waals surface area contributed by atoms with Gasteiger partial charge in [-0.25, -0.2) is 0 Å². The number of benzene rings is 2. The molecule has 2 aromatic rings. The Balaban J connectivity index is 1.41. The summed E-state index contributed by atoms with van der Waals surface area (Å²) < 4.78 is 47.6. The molecule has 2 unspecified atom stereocenters. The highest BCUT2D eigenvalue weighted by atomic mass is 35.5. The molecule has 2 N–H and O–H groups in total. The zero-order chi connectivity index (χ0) is 25.2. The Morgan fingerprint density at radius 1 is 1.14 bits per heavy atom. The third kappa shape index (κ3) is 5.61. The molecule has 2 aliphatic rings. The summed E-state index contributed by atoms with van der Waals surface area (Å²) in [5, 5.41) is 6.20. The van der Waals surface area contributed by atoms with Crippen LogP contribution in [0.3, 0.4) is 0 Å². The van der Waals surface area contributed by atoms with Gasteiger partial charge in [0.25, 0.3) is 0 Å². The number of carbonyl (C=O) groups is 1. The molecule has 188 valence electrons. The highest BCUT2D eigenvalue weighted by Gasteiger charge is 2.52. The molecule has 1 heterocycles. The lowest BCUT2D eigenvalue weighted by Crippen LogP contribution is -2.49. The van der Waals surface area contributed by atoms with Crippen LogP contribution in [0, 0.1) is 11.8 Å². The lowest BCUT2D eigenvalue weighted by atomic mass is 9.77. The van der Waals surface area contributed by atoms with E-state index in [1.54, 1.807) is 48.5 Å². The molecule has 1 aliphatic carbocycles. The van der Waals surface area contributed by atoms with Crippen molar-refractivity contribution in [3.63, 3.8) is 0 Å². The Hall–Kier alpha value is -2.67. The SMILES string of the molecule is CCC(C(=O)Nc1ccc(Cl)cc1)C1CCC(OC2=CC(C)(C(F)(F)F)Nc3ccccc32)CC1. The summed E-state index contributed by atoms with van der Waals surface area (Å²) in [7, 11) is 0. The normalized spacial score (nSPS) is 25.0. The molecule has 8 heteroatoms. The van der Waals surface area contributed by atoms with Crippen LogP contribution in [0.1, 0.15) is 51.5 Å². The number of ether oxygens (including phenoxy) is 1. The number of nitrogens with one attached hydrogen (secondary N) is 2. The van der Waals surface area contributed by atoms with Gasteiger partial charge in [0.15, 0.2) is 5.54 Å². The van der Waals surface area contributed by atoms with Gasteiger partial charge >= 0.3 is 6.18 Å². The van der Waals surface area contributed by atoms with Gasteiger partial charge in [0.2, 0.25) is 5.91 Å². The van der Waals surface area contributed by atoms with Gasteiger partial charge in [-0.05, 0) is 87.4 Å². The fraction of sp³-hybridized carbons (Fsp3) is 0.444. The second kappa shape index (κ2) is 10.1. The first-order valence-corrected chi connectivity index (χ1v) is 12.4. The van der Waals surface area contributed by atoms with Crippen LogP contribution >= 0.6 is 11.6 Å². The average Bonchev–Trinajstić information content (AvgIpc) is 2.81. The standard InChI is InChI=1S/C27H30ClF3N2O2/c1-3-21(25(34)32-19-12-10-18(28)11-13-19)17-8-14-20(15-9-17)35-24-16-26(2,27(29,30)31)33-23-7-5-4-6-22(23)24/h4-7,10-13,16-17,20-21,33H,3,8-9,14-15H2,1-2H3,(H,32,34). The summed E-state index contributed by atoms with van der Waals surface area (Å²) in [5.41, 5.74) is -0.464. The number of hydrogen-bond acceptors (Lipinski definition) is 3. The number of para-hydroxylation sites is 1. The number of rotatable bonds is 6. The van der Waals surface area contributed by atoms with Gasteiger partial charge in [0.1, 0.15) is 5.76 Å². The van der Waals surface area contributed by atoms with E-state index in [9.17, 15) is 18.0 Å². The van der Waals surface area contributed by atoms with Gasteiger partial charge in [0, 0.05) is 27.9 Å². The third-order valence-electron chi connectivity index (χ3n) is 7.07. The number of amides is 1. The fourth-order valence-electron chi connectivity index (χ4n) is 5.00. The van der Waals surface area contributed by atoms with E-state index in [1.807, 2.05) is 6.92 Å². The van der Waals surface area contributed by atoms with Crippen molar-refractivity contribution in [2.24, 2.45) is 11.8 Å². The molecule has 0 spiro atoms. The molecular formula is C27H30ClF3N2O2. The number of carbonyl (C=O) groups excluding carboxylic acids is 1. The molecule has 35 heavy (non-hydrogen) atoms. The van der Waals surface area contributed by atoms with Gasteiger partial charge in [-0.15, -0.1) is 0 Å². The van der Waals surface area contributed by atoms with Crippen molar-refractivity contribution in [3.05, 3.63) is 65.2 Å². The summed E-state index contributed by atoms with van der Waals surface area (Å²) in [4.78, 5) is 12.9. The van der Waals surface area contributed by atoms with Gasteiger partial charge in [-0.3, -0.25) is 4.79 Å². The van der Waals surface area contributed by atoms with Crippen LogP contribution < -0.4 is 10.6 Å². The number of hydrogen-bond donors (Lipinski definition) is 2. The van der Waals surface area contributed by atoms with E-state index in [2.05, 4.69) is 10.6 Å². The Labute approximate surface area is 208 Å². The van der Waals surface area contributed by atoms with E-state index in [0.717, 1.165) is 25.8 Å². The number of alkyl halides is 3. The summed E-state index contributed by atoms with van der Waals surface area (Å²) >= 11 is 5.92. The fourth-order valence-corrected chi connectivity index (χ4v) is 5.13. The molecule has 0 radical (unpaired) electrons. The summed E-state index contributed by atoms with van der Waals surface area (Å²) in [6, 6.07) is 13.9. The lowest BCUT2D eigenvalue weighted by molar-refractivity contribution is -0.160. The zero-order valence-electron chi connectivity index (χ0n) is 19.8. The molecule has 2 atom stereocenters. The van der Waals surface area contributed by atoms with Gasteiger partial charge in [-0.2, -0.15) is 13.2 Å². The first-order chi connectivity index (χ1) is 16.6. The largest absolute Gasteiger partial charge is 0.490 e. The van der Waals surface area contributed by atoms with Crippen molar-refractivity contribution >= 4 is 34.6 Å². The van der Waals surface area contributed by atoms with Crippen LogP contribution in [0.4, 0.5) is 24.5 Å². The highest BCUT2D eigenvalue weighted by Crippen LogP contribution is 2.44. The average molecular weight is 507 g/mol. The number of anilines is 2. The molecule has 0 bridgehead atoms. The Bertz CT molecular complexity index is 1080. The Morgan fingerprint density at radius 2 is 1.80 bits per heavy atom. The van der Waals surface area contributed by atoms with Crippen LogP contribution in [0.25, 0.3) is 5.76 Å². The minimum Gasteiger partial charge on any atom is -0.490 e. The molecule has 1 saturated carbocycles. The monoisotopic (exact) mass is 506 g/mol. The van der Waals surface area contributed by atoms with Crippen LogP contribution in [-0.2, 0) is 9.53 Å². The van der Waals surface area contributed by atoms with Gasteiger partial charge in [-0.1, -0.05) is 30.7 Å². The Kier molecular flexibility index (Phi) is 7.36. The molecule has 0 aromatic heterocycles. The van der Waals surface area contributed by atoms with E-state index in [0.29, 0.717) is 41.2 Å². The zero-order valence-corrected chi connectivity index (χ0v) is 20.5. The Morgan fingerprint density at radius 3 is 2.43 bits per heavy atom. The molecule has 1 amide bonds. The lowest BCUT2D eigenvalue weighted by Gasteiger charge is -2.38. The van der Waals surface area contributed by atoms with Crippen molar-refractivity contribution in [3.8, 4) is 0 Å². The second-order valence-corrected chi connectivity index (χ2v) is 9.98. The van der Waals surface area contributed by atoms with Gasteiger partial charge in [0.05, 0.1) is 6.10 Å². The van der Waals surface area contributed by atoms with E-state index < -0.39 is 11.7 Å². The predicted octanol–water partition coefficient (Wildman–Crippen LogP) is 7.67. The van der Waals surface area contributed by atoms with Gasteiger partial charge < -0.3 is 15.4 Å². The van der Waals surface area contributed by atoms with E-state index in [1.165, 1.54) is 0 Å². The van der Waals surface area contributed by atoms with Crippen LogP contribution in [-0.4, -0.2) is 23.7 Å². The summed E-state index contributed by atoms with van der Waals surface area (Å²) in [6.45, 7) is 3.12. The molecule has 4 nitrogen and oxygen atoms in total. The number of fused-ring (bicyclic) bond motifs is 1. The second-order valence-electron chi connectivity index (χ2n) is 9.54. The van der Waals surface area contributed by atoms with Crippen LogP contribution in [0.15, 0.2) is 54.6 Å². The highest BCUT2D eigenvalue weighted by molar-refractivity contribution is 6.30. The summed E-state index contributed by atoms with van der Waals surface area (Å²) in [5.74, 6) is 0.297. The van der Waals surface area contributed by atoms with Crippen molar-refractivity contribution in [1.29, 1.82) is 0 Å². The molecule has 2 aromatic carbocycles. The molecular weight excluding hydrogens is 477 g/mol.